The molecule has 1 fully saturated rings. The molecule has 0 bridgehead atoms. The molecule has 2 N–H and O–H groups in total. The molecule has 0 aliphatic heterocycles. The van der Waals surface area contributed by atoms with Crippen LogP contribution in [0.25, 0.3) is 0 Å². The number of carbonyl (C=O) groups is 1. The minimum Gasteiger partial charge on any atom is -0.493 e. The largest absolute Gasteiger partial charge is 0.493 e. The first-order valence-electron chi connectivity index (χ1n) is 10.4. The van der Waals surface area contributed by atoms with Gasteiger partial charge in [-0.1, -0.05) is 24.3 Å². The Bertz CT molecular complexity index is 643. The van der Waals surface area contributed by atoms with Gasteiger partial charge in [0.15, 0.2) is 0 Å². The minimum atomic E-state index is -0.474. The van der Waals surface area contributed by atoms with Crippen molar-refractivity contribution in [1.29, 1.82) is 0 Å². The van der Waals surface area contributed by atoms with Gasteiger partial charge >= 0.3 is 5.97 Å². The number of ether oxygens (including phenoxy) is 2. The maximum Gasteiger partial charge on any atom is 0.306 e. The molecule has 162 valence electrons. The molecular weight excluding hydrogens is 392 g/mol. The summed E-state index contributed by atoms with van der Waals surface area (Å²) in [5, 5.41) is 19.4. The molecule has 1 aliphatic rings. The van der Waals surface area contributed by atoms with E-state index in [2.05, 4.69) is 12.2 Å². The van der Waals surface area contributed by atoms with Crippen LogP contribution in [-0.4, -0.2) is 40.4 Å². The molecule has 0 radical (unpaired) electrons. The minimum absolute atomic E-state index is 0.00284. The summed E-state index contributed by atoms with van der Waals surface area (Å²) in [6.45, 7) is 4.10. The Balaban J connectivity index is 1.77. The van der Waals surface area contributed by atoms with Gasteiger partial charge in [0.2, 0.25) is 0 Å². The Morgan fingerprint density at radius 1 is 1.24 bits per heavy atom. The normalized spacial score (nSPS) is 24.3. The number of allylic oxidation sites excluding steroid dienone is 2. The second-order valence-corrected chi connectivity index (χ2v) is 8.46. The third-order valence-corrected chi connectivity index (χ3v) is 5.72. The van der Waals surface area contributed by atoms with E-state index in [0.29, 0.717) is 19.4 Å². The van der Waals surface area contributed by atoms with Crippen LogP contribution < -0.4 is 4.74 Å². The van der Waals surface area contributed by atoms with Crippen molar-refractivity contribution in [3.8, 4) is 5.75 Å². The topological polar surface area (TPSA) is 76.0 Å². The van der Waals surface area contributed by atoms with Crippen LogP contribution in [0.5, 0.6) is 5.75 Å². The highest BCUT2D eigenvalue weighted by Gasteiger charge is 2.41. The number of benzene rings is 1. The summed E-state index contributed by atoms with van der Waals surface area (Å²) >= 11 is 6.48. The van der Waals surface area contributed by atoms with Crippen LogP contribution >= 0.6 is 11.6 Å². The van der Waals surface area contributed by atoms with Gasteiger partial charge in [-0.3, -0.25) is 4.79 Å². The predicted molar refractivity (Wildman–Crippen MR) is 114 cm³/mol. The number of alkyl halides is 1. The lowest BCUT2D eigenvalue weighted by Crippen LogP contribution is -2.27. The smallest absolute Gasteiger partial charge is 0.306 e. The van der Waals surface area contributed by atoms with Crippen LogP contribution in [0.15, 0.2) is 36.4 Å². The molecule has 29 heavy (non-hydrogen) atoms. The number of hydrogen-bond acceptors (Lipinski definition) is 5. The van der Waals surface area contributed by atoms with E-state index in [1.54, 1.807) is 0 Å². The van der Waals surface area contributed by atoms with Crippen LogP contribution in [0.1, 0.15) is 51.5 Å². The van der Waals surface area contributed by atoms with Crippen molar-refractivity contribution in [3.05, 3.63) is 42.0 Å². The first kappa shape index (κ1) is 23.7. The number of hydrogen-bond donors (Lipinski definition) is 2. The van der Waals surface area contributed by atoms with E-state index in [4.69, 9.17) is 26.2 Å². The molecule has 1 aromatic carbocycles. The monoisotopic (exact) mass is 424 g/mol. The van der Waals surface area contributed by atoms with Gasteiger partial charge in [-0.05, 0) is 63.1 Å². The van der Waals surface area contributed by atoms with Crippen molar-refractivity contribution in [2.75, 3.05) is 6.61 Å². The fourth-order valence-corrected chi connectivity index (χ4v) is 4.10. The molecule has 0 unspecified atom stereocenters. The summed E-state index contributed by atoms with van der Waals surface area (Å²) in [7, 11) is 0. The average Bonchev–Trinajstić information content (AvgIpc) is 2.95. The first-order chi connectivity index (χ1) is 13.9. The van der Waals surface area contributed by atoms with E-state index in [1.165, 1.54) is 0 Å². The molecular formula is C23H33ClO5. The molecule has 1 aliphatic carbocycles. The molecule has 0 heterocycles. The van der Waals surface area contributed by atoms with Gasteiger partial charge < -0.3 is 19.7 Å². The van der Waals surface area contributed by atoms with E-state index in [-0.39, 0.29) is 35.9 Å². The number of carbonyl (C=O) groups excluding carboxylic acids is 1. The number of rotatable bonds is 11. The van der Waals surface area contributed by atoms with E-state index in [1.807, 2.05) is 38.1 Å². The lowest BCUT2D eigenvalue weighted by Gasteiger charge is -2.22. The first-order valence-corrected chi connectivity index (χ1v) is 10.8. The number of esters is 1. The molecule has 5 nitrogen and oxygen atoms in total. The summed E-state index contributed by atoms with van der Waals surface area (Å²) in [6, 6.07) is 7.29. The van der Waals surface area contributed by atoms with Crippen molar-refractivity contribution in [2.45, 2.75) is 70.1 Å². The van der Waals surface area contributed by atoms with Gasteiger partial charge in [0.25, 0.3) is 0 Å². The lowest BCUT2D eigenvalue weighted by atomic mass is 9.92. The zero-order valence-corrected chi connectivity index (χ0v) is 18.1. The van der Waals surface area contributed by atoms with Crippen LogP contribution in [0.3, 0.4) is 0 Å². The second kappa shape index (κ2) is 12.2. The Labute approximate surface area is 178 Å². The van der Waals surface area contributed by atoms with Gasteiger partial charge in [0, 0.05) is 17.7 Å². The van der Waals surface area contributed by atoms with Gasteiger partial charge in [0.1, 0.15) is 5.75 Å². The standard InChI is InChI=1S/C23H33ClO5/c1-16(2)29-23(27)8-6-4-3-5-7-19-20(22(26)13-21(19)24)15-28-18-11-9-17(14-25)10-12-18/h3,5,9-12,16,19-22,25-26H,4,6-8,13-15H2,1-2H3/b5-3-/t19-,20-,21+,22-/m1/s1. The van der Waals surface area contributed by atoms with Crippen molar-refractivity contribution < 1.29 is 24.5 Å². The molecule has 0 saturated heterocycles. The summed E-state index contributed by atoms with van der Waals surface area (Å²) in [4.78, 5) is 11.5. The van der Waals surface area contributed by atoms with Crippen LogP contribution in [0.2, 0.25) is 0 Å². The van der Waals surface area contributed by atoms with E-state index >= 15 is 0 Å². The lowest BCUT2D eigenvalue weighted by molar-refractivity contribution is -0.147. The Morgan fingerprint density at radius 2 is 1.97 bits per heavy atom. The predicted octanol–water partition coefficient (Wildman–Crippen LogP) is 4.23. The number of halogens is 1. The maximum absolute atomic E-state index is 11.5. The van der Waals surface area contributed by atoms with Crippen molar-refractivity contribution in [1.82, 2.24) is 0 Å². The fourth-order valence-electron chi connectivity index (χ4n) is 3.63. The van der Waals surface area contributed by atoms with Crippen LogP contribution in [0.4, 0.5) is 0 Å². The summed E-state index contributed by atoms with van der Waals surface area (Å²) in [5.41, 5.74) is 0.833. The Kier molecular flexibility index (Phi) is 9.98. The molecule has 6 heteroatoms. The third kappa shape index (κ3) is 8.00. The van der Waals surface area contributed by atoms with Crippen LogP contribution in [-0.2, 0) is 16.1 Å². The van der Waals surface area contributed by atoms with Gasteiger partial charge in [-0.25, -0.2) is 0 Å². The zero-order valence-electron chi connectivity index (χ0n) is 17.3. The summed E-state index contributed by atoms with van der Waals surface area (Å²) in [6.07, 6.45) is 6.96. The van der Waals surface area contributed by atoms with Gasteiger partial charge in [0.05, 0.1) is 25.4 Å². The molecule has 0 aromatic heterocycles. The fraction of sp³-hybridized carbons (Fsp3) is 0.609. The van der Waals surface area contributed by atoms with Crippen molar-refractivity contribution >= 4 is 17.6 Å². The highest BCUT2D eigenvalue weighted by molar-refractivity contribution is 6.21. The summed E-state index contributed by atoms with van der Waals surface area (Å²) in [5.74, 6) is 0.679. The molecule has 0 spiro atoms. The molecule has 2 rings (SSSR count). The van der Waals surface area contributed by atoms with Crippen molar-refractivity contribution in [3.63, 3.8) is 0 Å². The van der Waals surface area contributed by atoms with Gasteiger partial charge in [-0.15, -0.1) is 11.6 Å². The SMILES string of the molecule is CC(C)OC(=O)CCC/C=C\C[C@@H]1[C@@H](COc2ccc(CO)cc2)[C@H](O)C[C@@H]1Cl. The van der Waals surface area contributed by atoms with E-state index in [0.717, 1.165) is 30.6 Å². The number of unbranched alkanes of at least 4 members (excludes halogenated alkanes) is 1. The molecule has 0 amide bonds. The van der Waals surface area contributed by atoms with Crippen molar-refractivity contribution in [2.24, 2.45) is 11.8 Å². The quantitative estimate of drug-likeness (QED) is 0.240. The number of aliphatic hydroxyl groups is 2. The zero-order chi connectivity index (χ0) is 21.2. The molecule has 1 aromatic rings. The van der Waals surface area contributed by atoms with Crippen LogP contribution in [0, 0.1) is 11.8 Å². The Hall–Kier alpha value is -1.56. The maximum atomic E-state index is 11.5. The highest BCUT2D eigenvalue weighted by Crippen LogP contribution is 2.39. The third-order valence-electron chi connectivity index (χ3n) is 5.22. The number of aliphatic hydroxyl groups excluding tert-OH is 2. The molecule has 1 saturated carbocycles. The van der Waals surface area contributed by atoms with E-state index < -0.39 is 6.10 Å². The van der Waals surface area contributed by atoms with Gasteiger partial charge in [-0.2, -0.15) is 0 Å². The highest BCUT2D eigenvalue weighted by atomic mass is 35.5. The van der Waals surface area contributed by atoms with E-state index in [9.17, 15) is 9.90 Å². The average molecular weight is 425 g/mol. The Morgan fingerprint density at radius 3 is 2.62 bits per heavy atom. The summed E-state index contributed by atoms with van der Waals surface area (Å²) < 4.78 is 11.0. The second-order valence-electron chi connectivity index (χ2n) is 7.90. The molecule has 4 atom stereocenters.